The molecular weight excluding hydrogens is 323 g/mol. The minimum absolute atomic E-state index is 0.144. The van der Waals surface area contributed by atoms with E-state index in [1.165, 1.54) is 29.2 Å². The molecule has 2 aromatic carbocycles. The molecule has 0 radical (unpaired) electrons. The lowest BCUT2D eigenvalue weighted by atomic mass is 10.2. The first-order valence-corrected chi connectivity index (χ1v) is 7.69. The van der Waals surface area contributed by atoms with Crippen LogP contribution in [-0.2, 0) is 4.79 Å². The summed E-state index contributed by atoms with van der Waals surface area (Å²) in [7, 11) is 0. The zero-order valence-electron chi connectivity index (χ0n) is 13.2. The summed E-state index contributed by atoms with van der Waals surface area (Å²) in [4.78, 5) is 25.8. The van der Waals surface area contributed by atoms with E-state index in [2.05, 4.69) is 10.6 Å². The number of nitrogens with zero attached hydrogens (tertiary/aromatic N) is 2. The lowest BCUT2D eigenvalue weighted by Gasteiger charge is -2.17. The molecule has 1 atom stereocenters. The Balaban J connectivity index is 1.62. The third-order valence-corrected chi connectivity index (χ3v) is 3.89. The number of nitrogens with one attached hydrogen (secondary N) is 2. The highest BCUT2D eigenvalue weighted by Gasteiger charge is 2.31. The lowest BCUT2D eigenvalue weighted by Crippen LogP contribution is -2.39. The average molecular weight is 338 g/mol. The zero-order chi connectivity index (χ0) is 17.8. The number of hydrogen-bond donors (Lipinski definition) is 2. The largest absolute Gasteiger partial charge is 0.333 e. The van der Waals surface area contributed by atoms with Gasteiger partial charge in [-0.15, -0.1) is 0 Å². The number of carbonyl (C=O) groups excluding carboxylic acids is 2. The molecular formula is C18H15FN4O2. The zero-order valence-corrected chi connectivity index (χ0v) is 13.2. The van der Waals surface area contributed by atoms with Gasteiger partial charge in [-0.2, -0.15) is 5.26 Å². The number of amides is 3. The Kier molecular flexibility index (Phi) is 4.61. The van der Waals surface area contributed by atoms with E-state index < -0.39 is 6.03 Å². The van der Waals surface area contributed by atoms with E-state index >= 15 is 0 Å². The van der Waals surface area contributed by atoms with Crippen molar-refractivity contribution in [2.24, 2.45) is 0 Å². The summed E-state index contributed by atoms with van der Waals surface area (Å²) >= 11 is 0. The first-order valence-electron chi connectivity index (χ1n) is 7.69. The quantitative estimate of drug-likeness (QED) is 0.902. The van der Waals surface area contributed by atoms with Crippen LogP contribution in [0.1, 0.15) is 12.0 Å². The summed E-state index contributed by atoms with van der Waals surface area (Å²) < 4.78 is 13.0. The highest BCUT2D eigenvalue weighted by molar-refractivity contribution is 5.97. The molecule has 0 saturated carbocycles. The molecule has 126 valence electrons. The predicted octanol–water partition coefficient (Wildman–Crippen LogP) is 2.62. The van der Waals surface area contributed by atoms with Crippen LogP contribution in [0.5, 0.6) is 0 Å². The van der Waals surface area contributed by atoms with Gasteiger partial charge in [0.2, 0.25) is 5.91 Å². The number of carbonyl (C=O) groups is 2. The van der Waals surface area contributed by atoms with Gasteiger partial charge in [0.05, 0.1) is 17.3 Å². The topological polar surface area (TPSA) is 85.2 Å². The molecule has 1 saturated heterocycles. The van der Waals surface area contributed by atoms with Gasteiger partial charge in [0.15, 0.2) is 0 Å². The molecule has 1 aliphatic heterocycles. The highest BCUT2D eigenvalue weighted by Crippen LogP contribution is 2.22. The fraction of sp³-hybridized carbons (Fsp3) is 0.167. The van der Waals surface area contributed by atoms with Crippen LogP contribution >= 0.6 is 0 Å². The molecule has 6 nitrogen and oxygen atoms in total. The van der Waals surface area contributed by atoms with Crippen molar-refractivity contribution in [2.75, 3.05) is 16.8 Å². The molecule has 1 heterocycles. The number of anilines is 2. The monoisotopic (exact) mass is 338 g/mol. The average Bonchev–Trinajstić information content (AvgIpc) is 2.96. The van der Waals surface area contributed by atoms with E-state index in [1.807, 2.05) is 6.07 Å². The third kappa shape index (κ3) is 3.75. The molecule has 1 aliphatic rings. The van der Waals surface area contributed by atoms with Gasteiger partial charge in [0.1, 0.15) is 11.9 Å². The van der Waals surface area contributed by atoms with Gasteiger partial charge < -0.3 is 15.5 Å². The van der Waals surface area contributed by atoms with Crippen LogP contribution < -0.4 is 15.5 Å². The number of nitriles is 1. The van der Waals surface area contributed by atoms with Gasteiger partial charge in [-0.05, 0) is 36.4 Å². The van der Waals surface area contributed by atoms with E-state index in [-0.39, 0.29) is 24.2 Å². The first kappa shape index (κ1) is 16.5. The van der Waals surface area contributed by atoms with Gasteiger partial charge >= 0.3 is 6.03 Å². The van der Waals surface area contributed by atoms with E-state index in [0.717, 1.165) is 0 Å². The van der Waals surface area contributed by atoms with Crippen molar-refractivity contribution < 1.29 is 14.0 Å². The Bertz CT molecular complexity index is 845. The van der Waals surface area contributed by atoms with E-state index in [4.69, 9.17) is 5.26 Å². The van der Waals surface area contributed by atoms with Crippen LogP contribution in [0, 0.1) is 17.1 Å². The molecule has 0 spiro atoms. The van der Waals surface area contributed by atoms with Crippen molar-refractivity contribution >= 4 is 23.3 Å². The van der Waals surface area contributed by atoms with Crippen molar-refractivity contribution in [1.29, 1.82) is 5.26 Å². The maximum atomic E-state index is 13.0. The summed E-state index contributed by atoms with van der Waals surface area (Å²) in [6, 6.07) is 13.4. The Morgan fingerprint density at radius 1 is 1.20 bits per heavy atom. The summed E-state index contributed by atoms with van der Waals surface area (Å²) in [6.07, 6.45) is 0.157. The van der Waals surface area contributed by atoms with Crippen molar-refractivity contribution in [3.05, 3.63) is 59.9 Å². The Labute approximate surface area is 143 Å². The molecule has 7 heteroatoms. The number of para-hydroxylation sites is 1. The lowest BCUT2D eigenvalue weighted by molar-refractivity contribution is -0.117. The SMILES string of the molecule is N#Cc1ccccc1NC(=O)NC1CC(=O)N(c2ccc(F)cc2)C1. The highest BCUT2D eigenvalue weighted by atomic mass is 19.1. The van der Waals surface area contributed by atoms with Crippen molar-refractivity contribution in [3.8, 4) is 6.07 Å². The predicted molar refractivity (Wildman–Crippen MR) is 90.5 cm³/mol. The van der Waals surface area contributed by atoms with E-state index in [0.29, 0.717) is 23.5 Å². The van der Waals surface area contributed by atoms with Gasteiger partial charge in [-0.1, -0.05) is 12.1 Å². The van der Waals surface area contributed by atoms with Gasteiger partial charge in [0.25, 0.3) is 0 Å². The number of hydrogen-bond acceptors (Lipinski definition) is 3. The molecule has 1 unspecified atom stereocenters. The molecule has 3 amide bonds. The first-order chi connectivity index (χ1) is 12.1. The van der Waals surface area contributed by atoms with Crippen molar-refractivity contribution in [2.45, 2.75) is 12.5 Å². The van der Waals surface area contributed by atoms with Crippen molar-refractivity contribution in [1.82, 2.24) is 5.32 Å². The second-order valence-corrected chi connectivity index (χ2v) is 5.64. The number of urea groups is 1. The summed E-state index contributed by atoms with van der Waals surface area (Å²) in [5.74, 6) is -0.519. The Hall–Kier alpha value is -3.40. The number of rotatable bonds is 3. The molecule has 25 heavy (non-hydrogen) atoms. The van der Waals surface area contributed by atoms with Crippen LogP contribution in [0.3, 0.4) is 0 Å². The second-order valence-electron chi connectivity index (χ2n) is 5.64. The Morgan fingerprint density at radius 3 is 2.64 bits per heavy atom. The van der Waals surface area contributed by atoms with Crippen LogP contribution in [0.25, 0.3) is 0 Å². The smallest absolute Gasteiger partial charge is 0.319 e. The normalized spacial score (nSPS) is 16.4. The Morgan fingerprint density at radius 2 is 1.92 bits per heavy atom. The third-order valence-electron chi connectivity index (χ3n) is 3.89. The second kappa shape index (κ2) is 7.01. The molecule has 0 aliphatic carbocycles. The number of halogens is 1. The molecule has 0 aromatic heterocycles. The molecule has 2 aromatic rings. The van der Waals surface area contributed by atoms with Gasteiger partial charge in [-0.25, -0.2) is 9.18 Å². The van der Waals surface area contributed by atoms with E-state index in [9.17, 15) is 14.0 Å². The maximum absolute atomic E-state index is 13.0. The number of benzene rings is 2. The summed E-state index contributed by atoms with van der Waals surface area (Å²) in [5, 5.41) is 14.4. The maximum Gasteiger partial charge on any atom is 0.319 e. The molecule has 1 fully saturated rings. The fourth-order valence-electron chi connectivity index (χ4n) is 2.71. The van der Waals surface area contributed by atoms with Crippen LogP contribution in [0.2, 0.25) is 0 Å². The van der Waals surface area contributed by atoms with E-state index in [1.54, 1.807) is 24.3 Å². The molecule has 0 bridgehead atoms. The minimum Gasteiger partial charge on any atom is -0.333 e. The van der Waals surface area contributed by atoms with Gasteiger partial charge in [-0.3, -0.25) is 4.79 Å². The minimum atomic E-state index is -0.485. The van der Waals surface area contributed by atoms with Crippen LogP contribution in [-0.4, -0.2) is 24.5 Å². The van der Waals surface area contributed by atoms with Gasteiger partial charge in [0, 0.05) is 18.7 Å². The molecule has 3 rings (SSSR count). The van der Waals surface area contributed by atoms with Crippen LogP contribution in [0.4, 0.5) is 20.6 Å². The summed E-state index contributed by atoms with van der Waals surface area (Å²) in [5.41, 5.74) is 1.35. The summed E-state index contributed by atoms with van der Waals surface area (Å²) in [6.45, 7) is 0.303. The standard InChI is InChI=1S/C18H15FN4O2/c19-13-5-7-15(8-6-13)23-11-14(9-17(23)24)21-18(25)22-16-4-2-1-3-12(16)10-20/h1-8,14H,9,11H2,(H2,21,22,25). The molecule has 2 N–H and O–H groups in total. The van der Waals surface area contributed by atoms with Crippen molar-refractivity contribution in [3.63, 3.8) is 0 Å². The van der Waals surface area contributed by atoms with Crippen LogP contribution in [0.15, 0.2) is 48.5 Å². The fourth-order valence-corrected chi connectivity index (χ4v) is 2.71.